The van der Waals surface area contributed by atoms with Gasteiger partial charge in [-0.25, -0.2) is 0 Å². The highest BCUT2D eigenvalue weighted by Gasteiger charge is 2.78. The number of fused-ring (bicyclic) bond motifs is 4. The molecule has 0 radical (unpaired) electrons. The number of piperidine rings is 1. The molecule has 2 bridgehead atoms. The van der Waals surface area contributed by atoms with Crippen LogP contribution < -0.4 is 4.90 Å². The number of halogens is 1. The third-order valence-electron chi connectivity index (χ3n) is 11.2. The Kier molecular flexibility index (Phi) is 3.97. The van der Waals surface area contributed by atoms with Gasteiger partial charge < -0.3 is 24.9 Å². The number of aryl methyl sites for hydroxylation is 2. The van der Waals surface area contributed by atoms with Gasteiger partial charge in [0.05, 0.1) is 27.7 Å². The molecule has 5 aliphatic carbocycles. The van der Waals surface area contributed by atoms with E-state index in [-0.39, 0.29) is 34.7 Å². The molecule has 4 heterocycles. The first-order valence-corrected chi connectivity index (χ1v) is 14.7. The van der Waals surface area contributed by atoms with Crippen LogP contribution >= 0.6 is 11.6 Å². The zero-order valence-corrected chi connectivity index (χ0v) is 23.1. The zero-order chi connectivity index (χ0) is 27.5. The van der Waals surface area contributed by atoms with Gasteiger partial charge in [-0.1, -0.05) is 0 Å². The lowest BCUT2D eigenvalue weighted by Crippen LogP contribution is -2.72. The summed E-state index contributed by atoms with van der Waals surface area (Å²) in [4.78, 5) is 51.0. The number of phenols is 1. The fourth-order valence-corrected chi connectivity index (χ4v) is 9.65. The van der Waals surface area contributed by atoms with Crippen LogP contribution in [0.4, 0.5) is 5.69 Å². The number of carbonyl (C=O) groups is 3. The summed E-state index contributed by atoms with van der Waals surface area (Å²) in [7, 11) is 0. The Balaban J connectivity index is 0.994. The number of aromatic hydroxyl groups is 1. The lowest BCUT2D eigenvalue weighted by Gasteiger charge is -2.69. The van der Waals surface area contributed by atoms with Crippen molar-refractivity contribution in [2.75, 3.05) is 23.9 Å². The molecule has 7 aliphatic rings. The monoisotopic (exact) mass is 556 g/mol. The van der Waals surface area contributed by atoms with E-state index in [1.54, 1.807) is 17.0 Å². The molecule has 3 N–H and O–H groups in total. The van der Waals surface area contributed by atoms with E-state index in [4.69, 9.17) is 11.6 Å². The minimum absolute atomic E-state index is 0.0220. The number of benzene rings is 1. The number of ketones is 1. The van der Waals surface area contributed by atoms with Gasteiger partial charge in [0.2, 0.25) is 17.6 Å². The smallest absolute Gasteiger partial charge is 0.233 e. The molecule has 1 spiro atoms. The first-order valence-electron chi connectivity index (χ1n) is 14.1. The molecular weight excluding hydrogens is 528 g/mol. The van der Waals surface area contributed by atoms with Crippen LogP contribution in [-0.2, 0) is 15.0 Å². The number of amides is 2. The molecule has 2 aromatic heterocycles. The number of nitrogens with one attached hydrogen (secondary N) is 2. The van der Waals surface area contributed by atoms with Gasteiger partial charge in [-0.2, -0.15) is 0 Å². The van der Waals surface area contributed by atoms with Crippen molar-refractivity contribution in [1.29, 1.82) is 0 Å². The Morgan fingerprint density at radius 2 is 1.75 bits per heavy atom. The maximum absolute atomic E-state index is 14.1. The summed E-state index contributed by atoms with van der Waals surface area (Å²) in [6.07, 6.45) is 8.05. The second kappa shape index (κ2) is 6.85. The van der Waals surface area contributed by atoms with Crippen molar-refractivity contribution in [3.63, 3.8) is 0 Å². The Hall–Kier alpha value is -3.52. The van der Waals surface area contributed by atoms with E-state index in [1.165, 1.54) is 0 Å². The van der Waals surface area contributed by atoms with Crippen LogP contribution in [0.5, 0.6) is 5.75 Å². The number of rotatable bonds is 3. The van der Waals surface area contributed by atoms with Crippen molar-refractivity contribution < 1.29 is 19.5 Å². The summed E-state index contributed by atoms with van der Waals surface area (Å²) in [6, 6.07) is 1.68. The molecule has 8 nitrogen and oxygen atoms in total. The molecule has 4 saturated carbocycles. The van der Waals surface area contributed by atoms with Gasteiger partial charge in [-0.3, -0.25) is 14.4 Å². The number of hydrogen-bond acceptors (Lipinski definition) is 4. The van der Waals surface area contributed by atoms with Crippen molar-refractivity contribution in [2.24, 2.45) is 16.7 Å². The van der Waals surface area contributed by atoms with E-state index in [1.807, 2.05) is 31.1 Å². The first kappa shape index (κ1) is 23.2. The molecule has 3 aromatic rings. The Labute approximate surface area is 235 Å². The predicted molar refractivity (Wildman–Crippen MR) is 149 cm³/mol. The van der Waals surface area contributed by atoms with E-state index in [0.717, 1.165) is 45.4 Å². The lowest BCUT2D eigenvalue weighted by molar-refractivity contribution is -0.212. The number of allylic oxidation sites excluding steroid dienone is 2. The van der Waals surface area contributed by atoms with Crippen LogP contribution in [0.2, 0.25) is 0 Å². The minimum Gasteiger partial charge on any atom is -0.506 e. The van der Waals surface area contributed by atoms with Crippen LogP contribution in [0.25, 0.3) is 10.9 Å². The van der Waals surface area contributed by atoms with Gasteiger partial charge >= 0.3 is 0 Å². The molecule has 3 atom stereocenters. The number of nitrogens with zero attached hydrogens (tertiary/aromatic N) is 2. The Bertz CT molecular complexity index is 1780. The van der Waals surface area contributed by atoms with Crippen molar-refractivity contribution in [3.8, 4) is 5.75 Å². The van der Waals surface area contributed by atoms with Crippen LogP contribution in [0.1, 0.15) is 64.3 Å². The van der Waals surface area contributed by atoms with E-state index >= 15 is 0 Å². The SMILES string of the molecule is Cc1c[nH]c2c1C13C[C@@H]1CN(C(=O)C14CC(C(=O)N5C[C@@H](CCl)c6c5cc(O)c5[nH]cc(C)c65)(C1)C4)C3=CC2=O. The highest BCUT2D eigenvalue weighted by Crippen LogP contribution is 2.76. The number of aromatic nitrogens is 2. The molecule has 1 aromatic carbocycles. The van der Waals surface area contributed by atoms with Crippen LogP contribution in [0.3, 0.4) is 0 Å². The first-order chi connectivity index (χ1) is 19.1. The molecule has 40 heavy (non-hydrogen) atoms. The maximum atomic E-state index is 14.1. The van der Waals surface area contributed by atoms with Crippen molar-refractivity contribution in [1.82, 2.24) is 14.9 Å². The summed E-state index contributed by atoms with van der Waals surface area (Å²) < 4.78 is 0. The number of alkyl halides is 1. The van der Waals surface area contributed by atoms with E-state index in [2.05, 4.69) is 9.97 Å². The molecule has 9 heteroatoms. The summed E-state index contributed by atoms with van der Waals surface area (Å²) in [6.45, 7) is 5.15. The minimum atomic E-state index is -0.548. The van der Waals surface area contributed by atoms with Crippen molar-refractivity contribution in [2.45, 2.75) is 50.9 Å². The number of phenolic OH excluding ortho intramolecular Hbond substituents is 1. The van der Waals surface area contributed by atoms with Gasteiger partial charge in [0.1, 0.15) is 5.75 Å². The fraction of sp³-hybridized carbons (Fsp3) is 0.452. The van der Waals surface area contributed by atoms with Gasteiger partial charge in [0.15, 0.2) is 0 Å². The lowest BCUT2D eigenvalue weighted by atomic mass is 9.34. The summed E-state index contributed by atoms with van der Waals surface area (Å²) >= 11 is 6.40. The highest BCUT2D eigenvalue weighted by atomic mass is 35.5. The maximum Gasteiger partial charge on any atom is 0.233 e. The van der Waals surface area contributed by atoms with E-state index < -0.39 is 10.8 Å². The third-order valence-corrected chi connectivity index (χ3v) is 11.5. The fourth-order valence-electron chi connectivity index (χ4n) is 9.40. The predicted octanol–water partition coefficient (Wildman–Crippen LogP) is 4.54. The standard InChI is InChI=1S/C31H29ClN4O4/c1-14-7-33-25-19(37)3-18-23(22(14)25)16(6-32)9-35(18)27(39)29-11-30(12-29,13-29)28(40)36-10-17-5-31(17)21(36)4-20(38)26-24(31)15(2)8-34-26/h3-4,7-8,16-17,33-34,37H,5-6,9-13H2,1-2H3/t16-,17-,29?,30?,31?/m1/s1. The average Bonchev–Trinajstić information content (AvgIpc) is 3.25. The highest BCUT2D eigenvalue weighted by molar-refractivity contribution is 6.19. The average molecular weight is 557 g/mol. The summed E-state index contributed by atoms with van der Waals surface area (Å²) in [5, 5.41) is 11.7. The summed E-state index contributed by atoms with van der Waals surface area (Å²) in [5.74, 6) is 0.875. The third kappa shape index (κ3) is 2.38. The van der Waals surface area contributed by atoms with Gasteiger partial charge in [-0.05, 0) is 67.7 Å². The molecule has 204 valence electrons. The quantitative estimate of drug-likeness (QED) is 0.411. The van der Waals surface area contributed by atoms with Gasteiger partial charge in [-0.15, -0.1) is 11.6 Å². The van der Waals surface area contributed by atoms with E-state index in [9.17, 15) is 19.5 Å². The zero-order valence-electron chi connectivity index (χ0n) is 22.4. The molecule has 1 unspecified atom stereocenters. The number of carbonyl (C=O) groups excluding carboxylic acids is 3. The number of anilines is 1. The second-order valence-corrected chi connectivity index (χ2v) is 13.6. The van der Waals surface area contributed by atoms with Crippen LogP contribution in [0.15, 0.2) is 30.2 Å². The number of hydrogen-bond donors (Lipinski definition) is 3. The molecule has 10 rings (SSSR count). The number of aromatic amines is 2. The van der Waals surface area contributed by atoms with Crippen LogP contribution in [-0.4, -0.2) is 56.5 Å². The largest absolute Gasteiger partial charge is 0.506 e. The van der Waals surface area contributed by atoms with Gasteiger partial charge in [0.25, 0.3) is 0 Å². The molecular formula is C31H29ClN4O4. The second-order valence-electron chi connectivity index (χ2n) is 13.3. The molecule has 1 saturated heterocycles. The molecule has 2 amide bonds. The van der Waals surface area contributed by atoms with Gasteiger partial charge in [0, 0.05) is 65.9 Å². The van der Waals surface area contributed by atoms with Crippen LogP contribution in [0, 0.1) is 30.6 Å². The van der Waals surface area contributed by atoms with Crippen molar-refractivity contribution >= 4 is 45.8 Å². The normalized spacial score (nSPS) is 34.1. The Morgan fingerprint density at radius 1 is 1.05 bits per heavy atom. The Morgan fingerprint density at radius 3 is 2.48 bits per heavy atom. The van der Waals surface area contributed by atoms with Crippen molar-refractivity contribution in [3.05, 3.63) is 58.2 Å². The molecule has 5 fully saturated rings. The topological polar surface area (TPSA) is 110 Å². The van der Waals surface area contributed by atoms with E-state index in [0.29, 0.717) is 55.4 Å². The number of H-pyrrole nitrogens is 2. The summed E-state index contributed by atoms with van der Waals surface area (Å²) in [5.41, 5.74) is 5.86. The number of likely N-dealkylation sites (tertiary alicyclic amines) is 1. The molecule has 2 aliphatic heterocycles.